The number of aromatic nitrogens is 2. The van der Waals surface area contributed by atoms with E-state index < -0.39 is 11.9 Å². The highest BCUT2D eigenvalue weighted by molar-refractivity contribution is 6.02. The number of anilines is 2. The van der Waals surface area contributed by atoms with Crippen LogP contribution in [0.3, 0.4) is 0 Å². The Morgan fingerprint density at radius 3 is 2.41 bits per heavy atom. The molecule has 2 heterocycles. The molecule has 1 aromatic carbocycles. The normalized spacial score (nSPS) is 11.2. The second-order valence-corrected chi connectivity index (χ2v) is 7.55. The third kappa shape index (κ3) is 5.47. The van der Waals surface area contributed by atoms with E-state index in [1.165, 1.54) is 18.2 Å². The van der Waals surface area contributed by atoms with E-state index in [-0.39, 0.29) is 23.4 Å². The molecule has 0 fully saturated rings. The Hall–Kier alpha value is -3.55. The molecule has 0 radical (unpaired) electrons. The van der Waals surface area contributed by atoms with Crippen molar-refractivity contribution >= 4 is 23.3 Å². The molecular formula is C21H21FN4O3. The van der Waals surface area contributed by atoms with Crippen molar-refractivity contribution in [1.29, 1.82) is 0 Å². The largest absolute Gasteiger partial charge is 0.359 e. The molecule has 7 nitrogen and oxygen atoms in total. The van der Waals surface area contributed by atoms with Crippen LogP contribution in [0.4, 0.5) is 15.9 Å². The quantitative estimate of drug-likeness (QED) is 0.637. The first-order valence-corrected chi connectivity index (χ1v) is 9.00. The number of halogens is 1. The Labute approximate surface area is 167 Å². The minimum Gasteiger partial charge on any atom is -0.359 e. The summed E-state index contributed by atoms with van der Waals surface area (Å²) in [4.78, 5) is 27.8. The summed E-state index contributed by atoms with van der Waals surface area (Å²) in [6.45, 7) is 5.97. The lowest BCUT2D eigenvalue weighted by Crippen LogP contribution is -2.15. The summed E-state index contributed by atoms with van der Waals surface area (Å²) in [6.07, 6.45) is 0.136. The van der Waals surface area contributed by atoms with Crippen molar-refractivity contribution in [2.45, 2.75) is 32.6 Å². The number of amides is 2. The number of nitrogens with one attached hydrogen (secondary N) is 2. The van der Waals surface area contributed by atoms with Gasteiger partial charge in [-0.3, -0.25) is 9.59 Å². The van der Waals surface area contributed by atoms with E-state index in [1.54, 1.807) is 30.3 Å². The van der Waals surface area contributed by atoms with Crippen molar-refractivity contribution in [3.63, 3.8) is 0 Å². The predicted molar refractivity (Wildman–Crippen MR) is 106 cm³/mol. The minimum atomic E-state index is -0.722. The van der Waals surface area contributed by atoms with Gasteiger partial charge in [-0.1, -0.05) is 44.1 Å². The van der Waals surface area contributed by atoms with Crippen LogP contribution in [-0.4, -0.2) is 22.0 Å². The molecule has 2 amide bonds. The minimum absolute atomic E-state index is 0.0179. The first-order valence-electron chi connectivity index (χ1n) is 9.00. The number of benzene rings is 1. The number of pyridine rings is 1. The van der Waals surface area contributed by atoms with Crippen LogP contribution in [0.25, 0.3) is 0 Å². The number of carbonyl (C=O) groups is 2. The smallest absolute Gasteiger partial charge is 0.274 e. The van der Waals surface area contributed by atoms with Crippen LogP contribution in [-0.2, 0) is 16.6 Å². The fraction of sp³-hybridized carbons (Fsp3) is 0.238. The van der Waals surface area contributed by atoms with Gasteiger partial charge in [-0.2, -0.15) is 4.39 Å². The van der Waals surface area contributed by atoms with Crippen molar-refractivity contribution in [3.8, 4) is 0 Å². The van der Waals surface area contributed by atoms with Gasteiger partial charge in [-0.05, 0) is 29.8 Å². The topological polar surface area (TPSA) is 97.1 Å². The van der Waals surface area contributed by atoms with Crippen molar-refractivity contribution in [2.75, 3.05) is 10.6 Å². The summed E-state index contributed by atoms with van der Waals surface area (Å²) < 4.78 is 18.4. The van der Waals surface area contributed by atoms with Crippen molar-refractivity contribution in [3.05, 3.63) is 71.5 Å². The number of carbonyl (C=O) groups excluding carboxylic acids is 2. The number of hydrogen-bond acceptors (Lipinski definition) is 5. The zero-order chi connectivity index (χ0) is 21.0. The van der Waals surface area contributed by atoms with Crippen LogP contribution < -0.4 is 10.6 Å². The highest BCUT2D eigenvalue weighted by atomic mass is 19.1. The maximum absolute atomic E-state index is 13.1. The monoisotopic (exact) mass is 396 g/mol. The summed E-state index contributed by atoms with van der Waals surface area (Å²) in [6, 6.07) is 12.5. The number of nitrogens with zero attached hydrogens (tertiary/aromatic N) is 2. The Kier molecular flexibility index (Phi) is 5.72. The summed E-state index contributed by atoms with van der Waals surface area (Å²) >= 11 is 0. The fourth-order valence-corrected chi connectivity index (χ4v) is 2.50. The Morgan fingerprint density at radius 2 is 1.79 bits per heavy atom. The zero-order valence-electron chi connectivity index (χ0n) is 16.3. The van der Waals surface area contributed by atoms with Crippen molar-refractivity contribution in [1.82, 2.24) is 10.1 Å². The second-order valence-electron chi connectivity index (χ2n) is 7.55. The van der Waals surface area contributed by atoms with Crippen molar-refractivity contribution in [2.24, 2.45) is 0 Å². The lowest BCUT2D eigenvalue weighted by molar-refractivity contribution is -0.115. The summed E-state index contributed by atoms with van der Waals surface area (Å²) in [5, 5.41) is 9.19. The van der Waals surface area contributed by atoms with Gasteiger partial charge in [-0.25, -0.2) is 4.98 Å². The summed E-state index contributed by atoms with van der Waals surface area (Å²) in [7, 11) is 0. The van der Waals surface area contributed by atoms with E-state index in [0.29, 0.717) is 17.3 Å². The van der Waals surface area contributed by atoms with E-state index >= 15 is 0 Å². The molecule has 0 aliphatic heterocycles. The molecule has 0 bridgehead atoms. The first-order chi connectivity index (χ1) is 13.7. The van der Waals surface area contributed by atoms with Gasteiger partial charge in [0.05, 0.1) is 6.42 Å². The van der Waals surface area contributed by atoms with Crippen molar-refractivity contribution < 1.29 is 18.5 Å². The molecule has 3 rings (SSSR count). The highest BCUT2D eigenvalue weighted by Crippen LogP contribution is 2.24. The lowest BCUT2D eigenvalue weighted by atomic mass is 9.93. The van der Waals surface area contributed by atoms with Gasteiger partial charge >= 0.3 is 0 Å². The molecule has 0 saturated carbocycles. The SMILES string of the molecule is CC(C)(C)c1cc(NC(=O)Cc2ccc(NC(=O)c3cccc(F)n3)cc2)no1. The summed E-state index contributed by atoms with van der Waals surface area (Å²) in [5.41, 5.74) is 1.05. The fourth-order valence-electron chi connectivity index (χ4n) is 2.50. The molecule has 2 aromatic heterocycles. The third-order valence-electron chi connectivity index (χ3n) is 4.04. The summed E-state index contributed by atoms with van der Waals surface area (Å²) in [5.74, 6) is -0.428. The molecule has 2 N–H and O–H groups in total. The zero-order valence-corrected chi connectivity index (χ0v) is 16.3. The van der Waals surface area contributed by atoms with Crippen LogP contribution in [0.5, 0.6) is 0 Å². The van der Waals surface area contributed by atoms with Gasteiger partial charge < -0.3 is 15.2 Å². The van der Waals surface area contributed by atoms with Gasteiger partial charge in [0.2, 0.25) is 11.9 Å². The second kappa shape index (κ2) is 8.22. The first kappa shape index (κ1) is 20.2. The van der Waals surface area contributed by atoms with Crippen LogP contribution in [0.1, 0.15) is 42.6 Å². The maximum atomic E-state index is 13.1. The van der Waals surface area contributed by atoms with Gasteiger partial charge in [0.15, 0.2) is 5.82 Å². The van der Waals surface area contributed by atoms with Gasteiger partial charge in [0, 0.05) is 17.2 Å². The average Bonchev–Trinajstić information content (AvgIpc) is 3.12. The Bertz CT molecular complexity index is 1020. The third-order valence-corrected chi connectivity index (χ3v) is 4.04. The van der Waals surface area contributed by atoms with Gasteiger partial charge in [0.1, 0.15) is 11.5 Å². The average molecular weight is 396 g/mol. The molecule has 150 valence electrons. The Balaban J connectivity index is 1.56. The molecule has 0 saturated heterocycles. The lowest BCUT2D eigenvalue weighted by Gasteiger charge is -2.12. The van der Waals surface area contributed by atoms with Crippen LogP contribution in [0.2, 0.25) is 0 Å². The van der Waals surface area contributed by atoms with E-state index in [4.69, 9.17) is 4.52 Å². The van der Waals surface area contributed by atoms with Gasteiger partial charge in [-0.15, -0.1) is 0 Å². The van der Waals surface area contributed by atoms with E-state index in [0.717, 1.165) is 5.56 Å². The molecule has 0 unspecified atom stereocenters. The van der Waals surface area contributed by atoms with E-state index in [1.807, 2.05) is 20.8 Å². The van der Waals surface area contributed by atoms with Crippen LogP contribution in [0, 0.1) is 5.95 Å². The highest BCUT2D eigenvalue weighted by Gasteiger charge is 2.20. The molecule has 0 spiro atoms. The molecule has 0 atom stereocenters. The van der Waals surface area contributed by atoms with Gasteiger partial charge in [0.25, 0.3) is 5.91 Å². The Morgan fingerprint density at radius 1 is 1.07 bits per heavy atom. The molecule has 8 heteroatoms. The predicted octanol–water partition coefficient (Wildman–Crippen LogP) is 3.94. The molecule has 29 heavy (non-hydrogen) atoms. The van der Waals surface area contributed by atoms with Crippen LogP contribution in [0.15, 0.2) is 53.1 Å². The van der Waals surface area contributed by atoms with Crippen LogP contribution >= 0.6 is 0 Å². The molecule has 0 aliphatic carbocycles. The molecular weight excluding hydrogens is 375 g/mol. The molecule has 3 aromatic rings. The number of hydrogen-bond donors (Lipinski definition) is 2. The molecule has 0 aliphatic rings. The number of rotatable bonds is 5. The van der Waals surface area contributed by atoms with E-state index in [9.17, 15) is 14.0 Å². The van der Waals surface area contributed by atoms with E-state index in [2.05, 4.69) is 20.8 Å². The standard InChI is InChI=1S/C21H21FN4O3/c1-21(2,3)16-12-18(26-29-16)25-19(27)11-13-7-9-14(10-8-13)23-20(28)15-5-4-6-17(22)24-15/h4-10,12H,11H2,1-3H3,(H,23,28)(H,25,26,27). The maximum Gasteiger partial charge on any atom is 0.274 e.